The third kappa shape index (κ3) is 5.29. The van der Waals surface area contributed by atoms with Gasteiger partial charge < -0.3 is 25.6 Å². The summed E-state index contributed by atoms with van der Waals surface area (Å²) >= 11 is 0. The van der Waals surface area contributed by atoms with Crippen LogP contribution in [0.3, 0.4) is 0 Å². The third-order valence-corrected chi connectivity index (χ3v) is 4.23. The summed E-state index contributed by atoms with van der Waals surface area (Å²) in [6, 6.07) is 16.6. The summed E-state index contributed by atoms with van der Waals surface area (Å²) in [5.74, 6) is -0.354. The first-order valence-corrected chi connectivity index (χ1v) is 8.84. The van der Waals surface area contributed by atoms with E-state index in [0.717, 1.165) is 29.9 Å². The molecule has 27 heavy (non-hydrogen) atoms. The highest BCUT2D eigenvalue weighted by Gasteiger charge is 2.24. The Bertz CT molecular complexity index is 795. The number of nitrogens with zero attached hydrogens (tertiary/aromatic N) is 1. The zero-order valence-corrected chi connectivity index (χ0v) is 14.8. The van der Waals surface area contributed by atoms with Crippen LogP contribution in [-0.4, -0.2) is 47.9 Å². The second kappa shape index (κ2) is 9.16. The molecule has 0 saturated heterocycles. The normalized spacial score (nSPS) is 15.5. The lowest BCUT2D eigenvalue weighted by Gasteiger charge is -2.21. The van der Waals surface area contributed by atoms with Gasteiger partial charge >= 0.3 is 5.97 Å². The molecule has 7 heteroatoms. The molecule has 2 aromatic carbocycles. The van der Waals surface area contributed by atoms with E-state index in [1.54, 1.807) is 12.1 Å². The minimum atomic E-state index is -1.07. The molecule has 2 aromatic rings. The van der Waals surface area contributed by atoms with E-state index in [-0.39, 0.29) is 13.0 Å². The number of carboxylic acid groups (broad SMARTS) is 1. The Morgan fingerprint density at radius 2 is 2.04 bits per heavy atom. The maximum atomic E-state index is 11.7. The zero-order chi connectivity index (χ0) is 19.1. The molecule has 0 aromatic heterocycles. The predicted octanol–water partition coefficient (Wildman–Crippen LogP) is 1.80. The molecule has 3 rings (SSSR count). The van der Waals surface area contributed by atoms with Crippen LogP contribution in [-0.2, 0) is 16.0 Å². The maximum Gasteiger partial charge on any atom is 0.333 e. The van der Waals surface area contributed by atoms with Crippen molar-refractivity contribution >= 4 is 17.6 Å². The van der Waals surface area contributed by atoms with Crippen molar-refractivity contribution in [3.8, 4) is 0 Å². The van der Waals surface area contributed by atoms with Gasteiger partial charge in [-0.2, -0.15) is 0 Å². The summed E-state index contributed by atoms with van der Waals surface area (Å²) in [4.78, 5) is 16.0. The number of ether oxygens (including phenoxy) is 1. The van der Waals surface area contributed by atoms with Crippen molar-refractivity contribution in [3.05, 3.63) is 65.7 Å². The van der Waals surface area contributed by atoms with Gasteiger partial charge in [0.15, 0.2) is 12.1 Å². The summed E-state index contributed by atoms with van der Waals surface area (Å²) < 4.78 is 5.72. The molecule has 1 aliphatic rings. The number of aliphatic hydroxyl groups excluding tert-OH is 1. The van der Waals surface area contributed by atoms with Crippen LogP contribution in [0.2, 0.25) is 0 Å². The number of aliphatic carboxylic acids is 1. The van der Waals surface area contributed by atoms with Crippen molar-refractivity contribution in [3.63, 3.8) is 0 Å². The molecule has 2 unspecified atom stereocenters. The second-order valence-electron chi connectivity index (χ2n) is 6.23. The molecule has 0 spiro atoms. The van der Waals surface area contributed by atoms with E-state index in [1.807, 2.05) is 42.5 Å². The van der Waals surface area contributed by atoms with Crippen LogP contribution in [0.15, 0.2) is 59.6 Å². The largest absolute Gasteiger partial charge is 0.479 e. The Hall–Kier alpha value is -2.90. The van der Waals surface area contributed by atoms with Crippen molar-refractivity contribution in [1.29, 1.82) is 0 Å². The lowest BCUT2D eigenvalue weighted by Crippen LogP contribution is -2.29. The monoisotopic (exact) mass is 369 g/mol. The molecule has 0 fully saturated rings. The average molecular weight is 369 g/mol. The summed E-state index contributed by atoms with van der Waals surface area (Å²) in [5.41, 5.74) is 2.38. The van der Waals surface area contributed by atoms with E-state index >= 15 is 0 Å². The van der Waals surface area contributed by atoms with Gasteiger partial charge in [-0.3, -0.25) is 4.99 Å². The van der Waals surface area contributed by atoms with Gasteiger partial charge in [-0.1, -0.05) is 42.5 Å². The fourth-order valence-corrected chi connectivity index (χ4v) is 2.90. The number of hydrogen-bond acceptors (Lipinski definition) is 6. The minimum Gasteiger partial charge on any atom is -0.479 e. The van der Waals surface area contributed by atoms with Crippen LogP contribution in [0, 0.1) is 0 Å². The number of guanidine groups is 1. The molecular formula is C20H23N3O4. The number of nitrogens with one attached hydrogen (secondary N) is 2. The van der Waals surface area contributed by atoms with E-state index in [1.165, 1.54) is 0 Å². The van der Waals surface area contributed by atoms with Gasteiger partial charge in [0.1, 0.15) is 6.10 Å². The molecule has 1 aliphatic heterocycles. The first-order chi connectivity index (χ1) is 13.2. The van der Waals surface area contributed by atoms with Crippen LogP contribution >= 0.6 is 0 Å². The summed E-state index contributed by atoms with van der Waals surface area (Å²) in [7, 11) is 0. The van der Waals surface area contributed by atoms with Crippen molar-refractivity contribution in [1.82, 2.24) is 5.32 Å². The molecule has 1 heterocycles. The Kier molecular flexibility index (Phi) is 6.40. The van der Waals surface area contributed by atoms with E-state index in [0.29, 0.717) is 5.96 Å². The van der Waals surface area contributed by atoms with Gasteiger partial charge in [0.2, 0.25) is 0 Å². The molecule has 142 valence electrons. The Morgan fingerprint density at radius 3 is 2.70 bits per heavy atom. The van der Waals surface area contributed by atoms with Crippen molar-refractivity contribution < 1.29 is 19.7 Å². The van der Waals surface area contributed by atoms with Gasteiger partial charge in [-0.25, -0.2) is 4.79 Å². The smallest absolute Gasteiger partial charge is 0.333 e. The summed E-state index contributed by atoms with van der Waals surface area (Å²) in [6.07, 6.45) is -1.57. The van der Waals surface area contributed by atoms with Crippen molar-refractivity contribution in [2.45, 2.75) is 18.6 Å². The van der Waals surface area contributed by atoms with Crippen LogP contribution in [0.4, 0.5) is 5.69 Å². The average Bonchev–Trinajstić information content (AvgIpc) is 3.19. The van der Waals surface area contributed by atoms with Gasteiger partial charge in [-0.05, 0) is 23.3 Å². The molecule has 0 amide bonds. The van der Waals surface area contributed by atoms with E-state index in [2.05, 4.69) is 15.6 Å². The maximum absolute atomic E-state index is 11.7. The van der Waals surface area contributed by atoms with E-state index < -0.39 is 18.2 Å². The highest BCUT2D eigenvalue weighted by molar-refractivity contribution is 5.94. The van der Waals surface area contributed by atoms with Crippen LogP contribution < -0.4 is 10.6 Å². The van der Waals surface area contributed by atoms with Crippen molar-refractivity contribution in [2.75, 3.05) is 25.0 Å². The van der Waals surface area contributed by atoms with Crippen molar-refractivity contribution in [2.24, 2.45) is 4.99 Å². The third-order valence-electron chi connectivity index (χ3n) is 4.23. The number of aliphatic hydroxyl groups is 1. The number of anilines is 1. The highest BCUT2D eigenvalue weighted by atomic mass is 16.5. The Labute approximate surface area is 157 Å². The Morgan fingerprint density at radius 1 is 1.22 bits per heavy atom. The first kappa shape index (κ1) is 18.9. The fraction of sp³-hybridized carbons (Fsp3) is 0.300. The summed E-state index contributed by atoms with van der Waals surface area (Å²) in [5, 5.41) is 25.5. The van der Waals surface area contributed by atoms with E-state index in [4.69, 9.17) is 4.74 Å². The number of benzene rings is 2. The minimum absolute atomic E-state index is 0.189. The van der Waals surface area contributed by atoms with Crippen LogP contribution in [0.1, 0.15) is 17.2 Å². The summed E-state index contributed by atoms with van der Waals surface area (Å²) in [6.45, 7) is 1.25. The zero-order valence-electron chi connectivity index (χ0n) is 14.8. The molecule has 0 saturated carbocycles. The fourth-order valence-electron chi connectivity index (χ4n) is 2.90. The first-order valence-electron chi connectivity index (χ1n) is 8.84. The molecular weight excluding hydrogens is 346 g/mol. The molecule has 4 N–H and O–H groups in total. The van der Waals surface area contributed by atoms with Gasteiger partial charge in [0.25, 0.3) is 0 Å². The molecule has 7 nitrogen and oxygen atoms in total. The SMILES string of the molecule is O=C(O)C(Cc1cccc(NC2=NCCN2)c1)OC(CO)c1ccccc1. The van der Waals surface area contributed by atoms with Crippen LogP contribution in [0.25, 0.3) is 0 Å². The number of carbonyl (C=O) groups is 1. The quantitative estimate of drug-likeness (QED) is 0.566. The lowest BCUT2D eigenvalue weighted by atomic mass is 10.1. The number of rotatable bonds is 8. The van der Waals surface area contributed by atoms with Gasteiger partial charge in [0, 0.05) is 18.7 Å². The molecule has 2 atom stereocenters. The van der Waals surface area contributed by atoms with Gasteiger partial charge in [0.05, 0.1) is 13.2 Å². The highest BCUT2D eigenvalue weighted by Crippen LogP contribution is 2.21. The number of carboxylic acids is 1. The second-order valence-corrected chi connectivity index (χ2v) is 6.23. The number of aliphatic imine (C=N–C) groups is 1. The lowest BCUT2D eigenvalue weighted by molar-refractivity contribution is -0.156. The Balaban J connectivity index is 1.69. The molecule has 0 radical (unpaired) electrons. The standard InChI is InChI=1S/C20H23N3O4/c24-13-18(15-6-2-1-3-7-15)27-17(19(25)26)12-14-5-4-8-16(11-14)23-20-21-9-10-22-20/h1-8,11,17-18,24H,9-10,12-13H2,(H,25,26)(H2,21,22,23). The van der Waals surface area contributed by atoms with E-state index in [9.17, 15) is 15.0 Å². The number of hydrogen-bond donors (Lipinski definition) is 4. The van der Waals surface area contributed by atoms with Gasteiger partial charge in [-0.15, -0.1) is 0 Å². The molecule has 0 aliphatic carbocycles. The topological polar surface area (TPSA) is 103 Å². The predicted molar refractivity (Wildman–Crippen MR) is 103 cm³/mol. The molecule has 0 bridgehead atoms. The van der Waals surface area contributed by atoms with Crippen LogP contribution in [0.5, 0.6) is 0 Å².